The second kappa shape index (κ2) is 5.57. The molecule has 1 aromatic carbocycles. The van der Waals surface area contributed by atoms with Gasteiger partial charge in [0.1, 0.15) is 5.75 Å². The SMILES string of the molecule is O=C1COc2ccc(C(=O)NCC(O)C(=O)O)cc2N1. The molecule has 1 atom stereocenters. The van der Waals surface area contributed by atoms with Crippen LogP contribution in [0, 0.1) is 0 Å². The highest BCUT2D eigenvalue weighted by Crippen LogP contribution is 2.28. The van der Waals surface area contributed by atoms with Crippen molar-refractivity contribution in [3.05, 3.63) is 23.8 Å². The second-order valence-corrected chi connectivity index (χ2v) is 4.11. The standard InChI is InChI=1S/C12H12N2O6/c15-8(12(18)19)4-13-11(17)6-1-2-9-7(3-6)14-10(16)5-20-9/h1-3,8,15H,4-5H2,(H,13,17)(H,14,16)(H,18,19). The fraction of sp³-hybridized carbons (Fsp3) is 0.250. The summed E-state index contributed by atoms with van der Waals surface area (Å²) in [5.74, 6) is -1.85. The van der Waals surface area contributed by atoms with Crippen LogP contribution in [0.1, 0.15) is 10.4 Å². The normalized spacial score (nSPS) is 14.6. The topological polar surface area (TPSA) is 125 Å². The van der Waals surface area contributed by atoms with E-state index in [0.717, 1.165) is 0 Å². The number of ether oxygens (including phenoxy) is 1. The van der Waals surface area contributed by atoms with Gasteiger partial charge < -0.3 is 25.6 Å². The first-order valence-corrected chi connectivity index (χ1v) is 5.73. The van der Waals surface area contributed by atoms with Gasteiger partial charge in [-0.25, -0.2) is 4.79 Å². The summed E-state index contributed by atoms with van der Waals surface area (Å²) in [6, 6.07) is 4.41. The molecule has 1 aromatic rings. The first-order chi connectivity index (χ1) is 9.47. The molecule has 4 N–H and O–H groups in total. The summed E-state index contributed by atoms with van der Waals surface area (Å²) in [6.07, 6.45) is -1.67. The van der Waals surface area contributed by atoms with Gasteiger partial charge in [-0.2, -0.15) is 0 Å². The molecule has 0 radical (unpaired) electrons. The van der Waals surface area contributed by atoms with Gasteiger partial charge in [0, 0.05) is 5.56 Å². The molecule has 2 rings (SSSR count). The third-order valence-electron chi connectivity index (χ3n) is 2.62. The summed E-state index contributed by atoms with van der Waals surface area (Å²) in [6.45, 7) is -0.489. The zero-order valence-corrected chi connectivity index (χ0v) is 10.3. The number of carbonyl (C=O) groups excluding carboxylic acids is 2. The van der Waals surface area contributed by atoms with Crippen molar-refractivity contribution in [3.8, 4) is 5.75 Å². The third-order valence-corrected chi connectivity index (χ3v) is 2.62. The number of aliphatic carboxylic acids is 1. The Morgan fingerprint density at radius 2 is 2.20 bits per heavy atom. The molecule has 0 bridgehead atoms. The number of hydrogen-bond donors (Lipinski definition) is 4. The zero-order valence-electron chi connectivity index (χ0n) is 10.3. The number of aliphatic hydroxyl groups is 1. The highest BCUT2D eigenvalue weighted by Gasteiger charge is 2.19. The summed E-state index contributed by atoms with van der Waals surface area (Å²) >= 11 is 0. The van der Waals surface area contributed by atoms with Crippen LogP contribution in [0.2, 0.25) is 0 Å². The summed E-state index contributed by atoms with van der Waals surface area (Å²) in [7, 11) is 0. The lowest BCUT2D eigenvalue weighted by Crippen LogP contribution is -2.36. The monoisotopic (exact) mass is 280 g/mol. The molecule has 20 heavy (non-hydrogen) atoms. The Bertz CT molecular complexity index is 571. The maximum atomic E-state index is 11.8. The van der Waals surface area contributed by atoms with Crippen LogP contribution in [0.25, 0.3) is 0 Å². The van der Waals surface area contributed by atoms with Crippen LogP contribution in [-0.4, -0.2) is 47.3 Å². The van der Waals surface area contributed by atoms with Gasteiger partial charge in [-0.3, -0.25) is 9.59 Å². The maximum absolute atomic E-state index is 11.8. The highest BCUT2D eigenvalue weighted by molar-refractivity contribution is 5.99. The Kier molecular flexibility index (Phi) is 3.85. The van der Waals surface area contributed by atoms with Crippen LogP contribution in [-0.2, 0) is 9.59 Å². The van der Waals surface area contributed by atoms with E-state index in [9.17, 15) is 14.4 Å². The van der Waals surface area contributed by atoms with Gasteiger partial charge in [-0.1, -0.05) is 0 Å². The molecule has 8 heteroatoms. The maximum Gasteiger partial charge on any atom is 0.334 e. The lowest BCUT2D eigenvalue weighted by Gasteiger charge is -2.18. The molecule has 0 saturated heterocycles. The molecule has 1 unspecified atom stereocenters. The number of nitrogens with one attached hydrogen (secondary N) is 2. The number of fused-ring (bicyclic) bond motifs is 1. The predicted octanol–water partition coefficient (Wildman–Crippen LogP) is -0.807. The van der Waals surface area contributed by atoms with Crippen LogP contribution in [0.15, 0.2) is 18.2 Å². The molecule has 1 aliphatic heterocycles. The lowest BCUT2D eigenvalue weighted by molar-refractivity contribution is -0.146. The molecule has 2 amide bonds. The number of anilines is 1. The van der Waals surface area contributed by atoms with Crippen molar-refractivity contribution < 1.29 is 29.3 Å². The minimum Gasteiger partial charge on any atom is -0.482 e. The van der Waals surface area contributed by atoms with Crippen molar-refractivity contribution in [3.63, 3.8) is 0 Å². The fourth-order valence-corrected chi connectivity index (χ4v) is 1.60. The Morgan fingerprint density at radius 1 is 1.45 bits per heavy atom. The number of carbonyl (C=O) groups is 3. The average molecular weight is 280 g/mol. The first-order valence-electron chi connectivity index (χ1n) is 5.73. The number of rotatable bonds is 4. The minimum absolute atomic E-state index is 0.0800. The van der Waals surface area contributed by atoms with E-state index in [4.69, 9.17) is 14.9 Å². The molecule has 0 aromatic heterocycles. The number of carboxylic acids is 1. The van der Waals surface area contributed by atoms with E-state index in [1.54, 1.807) is 0 Å². The quantitative estimate of drug-likeness (QED) is 0.572. The smallest absolute Gasteiger partial charge is 0.334 e. The molecule has 106 valence electrons. The number of carboxylic acid groups (broad SMARTS) is 1. The highest BCUT2D eigenvalue weighted by atomic mass is 16.5. The van der Waals surface area contributed by atoms with Crippen molar-refractivity contribution in [2.75, 3.05) is 18.5 Å². The van der Waals surface area contributed by atoms with Gasteiger partial charge in [-0.15, -0.1) is 0 Å². The van der Waals surface area contributed by atoms with E-state index in [2.05, 4.69) is 10.6 Å². The van der Waals surface area contributed by atoms with Crippen LogP contribution in [0.4, 0.5) is 5.69 Å². The lowest BCUT2D eigenvalue weighted by atomic mass is 10.1. The van der Waals surface area contributed by atoms with Gasteiger partial charge in [0.25, 0.3) is 11.8 Å². The van der Waals surface area contributed by atoms with Gasteiger partial charge in [-0.05, 0) is 18.2 Å². The van der Waals surface area contributed by atoms with E-state index in [1.807, 2.05) is 0 Å². The van der Waals surface area contributed by atoms with Crippen LogP contribution < -0.4 is 15.4 Å². The van der Waals surface area contributed by atoms with E-state index in [0.29, 0.717) is 11.4 Å². The molecule has 0 aliphatic carbocycles. The predicted molar refractivity (Wildman–Crippen MR) is 66.5 cm³/mol. The van der Waals surface area contributed by atoms with Gasteiger partial charge in [0.2, 0.25) is 0 Å². The molecule has 0 fully saturated rings. The minimum atomic E-state index is -1.67. The fourth-order valence-electron chi connectivity index (χ4n) is 1.60. The van der Waals surface area contributed by atoms with Crippen molar-refractivity contribution in [2.45, 2.75) is 6.10 Å². The summed E-state index contributed by atoms with van der Waals surface area (Å²) in [4.78, 5) is 33.3. The van der Waals surface area contributed by atoms with Crippen molar-refractivity contribution in [1.82, 2.24) is 5.32 Å². The molecule has 0 spiro atoms. The first kappa shape index (κ1) is 13.8. The average Bonchev–Trinajstić information content (AvgIpc) is 2.43. The number of aliphatic hydroxyl groups excluding tert-OH is 1. The van der Waals surface area contributed by atoms with Gasteiger partial charge in [0.05, 0.1) is 12.2 Å². The number of benzene rings is 1. The van der Waals surface area contributed by atoms with E-state index in [-0.39, 0.29) is 18.1 Å². The van der Waals surface area contributed by atoms with E-state index in [1.165, 1.54) is 18.2 Å². The van der Waals surface area contributed by atoms with Gasteiger partial charge >= 0.3 is 5.97 Å². The van der Waals surface area contributed by atoms with Crippen LogP contribution in [0.3, 0.4) is 0 Å². The molecule has 0 saturated carbocycles. The molecular weight excluding hydrogens is 268 g/mol. The summed E-state index contributed by atoms with van der Waals surface area (Å²) in [5, 5.41) is 22.4. The zero-order chi connectivity index (χ0) is 14.7. The third kappa shape index (κ3) is 3.04. The largest absolute Gasteiger partial charge is 0.482 e. The van der Waals surface area contributed by atoms with Crippen molar-refractivity contribution >= 4 is 23.5 Å². The van der Waals surface area contributed by atoms with E-state index >= 15 is 0 Å². The van der Waals surface area contributed by atoms with Crippen molar-refractivity contribution in [1.29, 1.82) is 0 Å². The van der Waals surface area contributed by atoms with Crippen LogP contribution in [0.5, 0.6) is 5.75 Å². The van der Waals surface area contributed by atoms with E-state index < -0.39 is 24.5 Å². The Balaban J connectivity index is 2.05. The number of hydrogen-bond acceptors (Lipinski definition) is 5. The Morgan fingerprint density at radius 3 is 2.90 bits per heavy atom. The summed E-state index contributed by atoms with van der Waals surface area (Å²) in [5.41, 5.74) is 0.583. The summed E-state index contributed by atoms with van der Waals surface area (Å²) < 4.78 is 5.14. The number of amides is 2. The van der Waals surface area contributed by atoms with Crippen molar-refractivity contribution in [2.24, 2.45) is 0 Å². The molecule has 1 heterocycles. The molecular formula is C12H12N2O6. The second-order valence-electron chi connectivity index (χ2n) is 4.11. The Labute approximate surface area is 113 Å². The van der Waals surface area contributed by atoms with Crippen LogP contribution >= 0.6 is 0 Å². The molecule has 1 aliphatic rings. The Hall–Kier alpha value is -2.61. The molecule has 8 nitrogen and oxygen atoms in total. The van der Waals surface area contributed by atoms with Gasteiger partial charge in [0.15, 0.2) is 12.7 Å².